The van der Waals surface area contributed by atoms with Crippen LogP contribution in [0.25, 0.3) is 0 Å². The van der Waals surface area contributed by atoms with E-state index in [9.17, 15) is 14.0 Å². The van der Waals surface area contributed by atoms with Gasteiger partial charge >= 0.3 is 0 Å². The first-order chi connectivity index (χ1) is 15.5. The summed E-state index contributed by atoms with van der Waals surface area (Å²) in [6.07, 6.45) is 1.62. The number of likely N-dealkylation sites (tertiary alicyclic amines) is 1. The molecule has 0 spiro atoms. The number of nitrogens with zero attached hydrogens (tertiary/aromatic N) is 2. The van der Waals surface area contributed by atoms with Crippen molar-refractivity contribution in [3.05, 3.63) is 60.4 Å². The maximum absolute atomic E-state index is 13.3. The van der Waals surface area contributed by atoms with E-state index in [1.807, 2.05) is 37.4 Å². The van der Waals surface area contributed by atoms with Crippen LogP contribution in [-0.2, 0) is 9.59 Å². The van der Waals surface area contributed by atoms with Crippen LogP contribution in [0.15, 0.2) is 54.6 Å². The molecule has 0 radical (unpaired) electrons. The first-order valence-corrected chi connectivity index (χ1v) is 11.0. The van der Waals surface area contributed by atoms with Crippen LogP contribution < -0.4 is 20.5 Å². The highest BCUT2D eigenvalue weighted by molar-refractivity contribution is 5.95. The molecule has 2 N–H and O–H groups in total. The van der Waals surface area contributed by atoms with Crippen molar-refractivity contribution < 1.29 is 18.7 Å². The molecule has 2 fully saturated rings. The van der Waals surface area contributed by atoms with Gasteiger partial charge in [-0.2, -0.15) is 0 Å². The van der Waals surface area contributed by atoms with E-state index in [2.05, 4.69) is 10.9 Å². The van der Waals surface area contributed by atoms with Crippen molar-refractivity contribution >= 4 is 17.5 Å². The molecule has 7 nitrogen and oxygen atoms in total. The third-order valence-electron chi connectivity index (χ3n) is 6.37. The first kappa shape index (κ1) is 22.2. The van der Waals surface area contributed by atoms with Gasteiger partial charge in [0.25, 0.3) is 5.91 Å². The van der Waals surface area contributed by atoms with Crippen molar-refractivity contribution in [2.45, 2.75) is 18.9 Å². The van der Waals surface area contributed by atoms with Gasteiger partial charge in [0.15, 0.2) is 6.61 Å². The van der Waals surface area contributed by atoms with E-state index >= 15 is 0 Å². The van der Waals surface area contributed by atoms with Crippen molar-refractivity contribution in [2.75, 3.05) is 38.2 Å². The number of para-hydroxylation sites is 1. The summed E-state index contributed by atoms with van der Waals surface area (Å²) in [4.78, 5) is 29.2. The fourth-order valence-corrected chi connectivity index (χ4v) is 4.53. The summed E-state index contributed by atoms with van der Waals surface area (Å²) in [5.74, 6) is 0.0521. The molecule has 8 heteroatoms. The lowest BCUT2D eigenvalue weighted by Crippen LogP contribution is -2.49. The van der Waals surface area contributed by atoms with Crippen molar-refractivity contribution in [2.24, 2.45) is 11.8 Å². The van der Waals surface area contributed by atoms with E-state index in [0.29, 0.717) is 25.4 Å². The molecule has 2 saturated heterocycles. The van der Waals surface area contributed by atoms with Crippen molar-refractivity contribution in [3.63, 3.8) is 0 Å². The molecule has 0 aromatic heterocycles. The number of carbonyl (C=O) groups excluding carboxylic acids is 2. The van der Waals surface area contributed by atoms with E-state index < -0.39 is 5.82 Å². The van der Waals surface area contributed by atoms with Crippen LogP contribution in [0.5, 0.6) is 5.75 Å². The summed E-state index contributed by atoms with van der Waals surface area (Å²) < 4.78 is 18.7. The second kappa shape index (κ2) is 10.1. The average molecular weight is 441 g/mol. The van der Waals surface area contributed by atoms with Crippen molar-refractivity contribution in [1.29, 1.82) is 0 Å². The highest BCUT2D eigenvalue weighted by Gasteiger charge is 2.41. The topological polar surface area (TPSA) is 73.9 Å². The van der Waals surface area contributed by atoms with E-state index in [4.69, 9.17) is 4.74 Å². The zero-order chi connectivity index (χ0) is 22.5. The number of anilines is 1. The fraction of sp³-hybridized carbons (Fsp3) is 0.417. The predicted molar refractivity (Wildman–Crippen MR) is 119 cm³/mol. The zero-order valence-electron chi connectivity index (χ0n) is 18.2. The minimum atomic E-state index is -0.393. The molecule has 2 aliphatic rings. The molecule has 0 bridgehead atoms. The largest absolute Gasteiger partial charge is 0.484 e. The van der Waals surface area contributed by atoms with E-state index in [0.717, 1.165) is 18.5 Å². The predicted octanol–water partition coefficient (Wildman–Crippen LogP) is 2.20. The van der Waals surface area contributed by atoms with Gasteiger partial charge in [0, 0.05) is 44.5 Å². The first-order valence-electron chi connectivity index (χ1n) is 11.0. The molecular formula is C24H29FN4O3. The maximum Gasteiger partial charge on any atom is 0.260 e. The molecule has 2 amide bonds. The Bertz CT molecular complexity index is 934. The number of rotatable bonds is 6. The Morgan fingerprint density at radius 3 is 2.59 bits per heavy atom. The average Bonchev–Trinajstić information content (AvgIpc) is 3.32. The third-order valence-corrected chi connectivity index (χ3v) is 6.37. The molecule has 2 aromatic rings. The number of hydrogen-bond donors (Lipinski definition) is 2. The highest BCUT2D eigenvalue weighted by atomic mass is 19.1. The Balaban J connectivity index is 1.29. The van der Waals surface area contributed by atoms with Crippen LogP contribution in [-0.4, -0.2) is 56.0 Å². The van der Waals surface area contributed by atoms with Crippen LogP contribution in [0.3, 0.4) is 0 Å². The number of carbonyl (C=O) groups is 2. The number of nitrogens with one attached hydrogen (secondary N) is 2. The number of halogens is 1. The van der Waals surface area contributed by atoms with Gasteiger partial charge in [-0.25, -0.2) is 4.39 Å². The van der Waals surface area contributed by atoms with Crippen LogP contribution in [0, 0.1) is 17.7 Å². The number of piperidine rings is 1. The van der Waals surface area contributed by atoms with Gasteiger partial charge in [-0.3, -0.25) is 20.4 Å². The van der Waals surface area contributed by atoms with Crippen molar-refractivity contribution in [3.8, 4) is 5.75 Å². The molecule has 2 heterocycles. The Morgan fingerprint density at radius 1 is 1.12 bits per heavy atom. The minimum absolute atomic E-state index is 0.0226. The molecule has 2 aromatic carbocycles. The molecule has 32 heavy (non-hydrogen) atoms. The Labute approximate surface area is 187 Å². The molecule has 4 rings (SSSR count). The Morgan fingerprint density at radius 2 is 1.88 bits per heavy atom. The summed E-state index contributed by atoms with van der Waals surface area (Å²) in [5, 5.41) is 0. The lowest BCUT2D eigenvalue weighted by molar-refractivity contribution is -0.135. The number of hydrogen-bond acceptors (Lipinski definition) is 5. The summed E-state index contributed by atoms with van der Waals surface area (Å²) in [5.41, 5.74) is 7.33. The van der Waals surface area contributed by atoms with Gasteiger partial charge in [0.1, 0.15) is 11.6 Å². The standard InChI is InChI=1S/C24H29FN4O3/c1-28(19-7-3-2-4-8-19)24(31)21-15-26-27-23(21)17-10-12-29(13-11-17)22(30)16-32-20-9-5-6-18(25)14-20/h2-9,14,17,21,23,26-27H,10-13,15-16H2,1H3. The number of amides is 2. The van der Waals surface area contributed by atoms with Gasteiger partial charge in [-0.15, -0.1) is 0 Å². The van der Waals surface area contributed by atoms with Gasteiger partial charge in [-0.05, 0) is 43.0 Å². The van der Waals surface area contributed by atoms with Crippen LogP contribution in [0.4, 0.5) is 10.1 Å². The van der Waals surface area contributed by atoms with E-state index in [-0.39, 0.29) is 36.3 Å². The third kappa shape index (κ3) is 5.08. The van der Waals surface area contributed by atoms with Crippen LogP contribution in [0.1, 0.15) is 12.8 Å². The molecule has 2 atom stereocenters. The molecule has 0 aliphatic carbocycles. The molecule has 170 valence electrons. The molecular weight excluding hydrogens is 411 g/mol. The second-order valence-electron chi connectivity index (χ2n) is 8.35. The number of hydrazine groups is 1. The quantitative estimate of drug-likeness (QED) is 0.721. The minimum Gasteiger partial charge on any atom is -0.484 e. The Hall–Kier alpha value is -2.97. The SMILES string of the molecule is CN(C(=O)C1CNNC1C1CCN(C(=O)COc2cccc(F)c2)CC1)c1ccccc1. The lowest BCUT2D eigenvalue weighted by Gasteiger charge is -2.36. The number of ether oxygens (including phenoxy) is 1. The van der Waals surface area contributed by atoms with Gasteiger partial charge in [0.05, 0.1) is 5.92 Å². The van der Waals surface area contributed by atoms with Crippen LogP contribution in [0.2, 0.25) is 0 Å². The monoisotopic (exact) mass is 440 g/mol. The van der Waals surface area contributed by atoms with Crippen molar-refractivity contribution in [1.82, 2.24) is 15.8 Å². The fourth-order valence-electron chi connectivity index (χ4n) is 4.53. The Kier molecular flexibility index (Phi) is 7.02. The summed E-state index contributed by atoms with van der Waals surface area (Å²) >= 11 is 0. The summed E-state index contributed by atoms with van der Waals surface area (Å²) in [7, 11) is 1.81. The second-order valence-corrected chi connectivity index (χ2v) is 8.35. The smallest absolute Gasteiger partial charge is 0.260 e. The highest BCUT2D eigenvalue weighted by Crippen LogP contribution is 2.28. The summed E-state index contributed by atoms with van der Waals surface area (Å²) in [6, 6.07) is 15.4. The van der Waals surface area contributed by atoms with Gasteiger partial charge in [-0.1, -0.05) is 24.3 Å². The van der Waals surface area contributed by atoms with Gasteiger partial charge < -0.3 is 14.5 Å². The molecule has 2 aliphatic heterocycles. The normalized spacial score (nSPS) is 21.4. The zero-order valence-corrected chi connectivity index (χ0v) is 18.2. The summed E-state index contributed by atoms with van der Waals surface area (Å²) in [6.45, 7) is 1.70. The van der Waals surface area contributed by atoms with Gasteiger partial charge in [0.2, 0.25) is 5.91 Å². The maximum atomic E-state index is 13.3. The molecule has 2 unspecified atom stereocenters. The number of benzene rings is 2. The van der Waals surface area contributed by atoms with Crippen LogP contribution >= 0.6 is 0 Å². The lowest BCUT2D eigenvalue weighted by atomic mass is 9.82. The molecule has 0 saturated carbocycles. The van der Waals surface area contributed by atoms with E-state index in [1.165, 1.54) is 12.1 Å². The van der Waals surface area contributed by atoms with E-state index in [1.54, 1.807) is 21.9 Å².